The Morgan fingerprint density at radius 2 is 1.84 bits per heavy atom. The van der Waals surface area contributed by atoms with Crippen LogP contribution in [0.1, 0.15) is 52.7 Å². The van der Waals surface area contributed by atoms with Gasteiger partial charge < -0.3 is 10.2 Å². The first-order chi connectivity index (χ1) is 15.5. The molecule has 7 heteroatoms. The molecule has 0 radical (unpaired) electrons. The van der Waals surface area contributed by atoms with Crippen molar-refractivity contribution in [2.75, 3.05) is 11.9 Å². The number of carbonyl (C=O) groups is 2. The summed E-state index contributed by atoms with van der Waals surface area (Å²) in [6.45, 7) is 2.30. The van der Waals surface area contributed by atoms with E-state index in [0.29, 0.717) is 41.3 Å². The Morgan fingerprint density at radius 3 is 2.62 bits per heavy atom. The van der Waals surface area contributed by atoms with Crippen LogP contribution >= 0.6 is 0 Å². The molecule has 0 aliphatic carbocycles. The van der Waals surface area contributed by atoms with Gasteiger partial charge in [-0.1, -0.05) is 36.4 Å². The Balaban J connectivity index is 1.63. The fraction of sp³-hybridized carbons (Fsp3) is 0.280. The van der Waals surface area contributed by atoms with Crippen LogP contribution in [0.25, 0.3) is 0 Å². The number of nitrogens with one attached hydrogen (secondary N) is 1. The number of aromatic nitrogens is 2. The first kappa shape index (κ1) is 21.6. The summed E-state index contributed by atoms with van der Waals surface area (Å²) in [6, 6.07) is 15.1. The quantitative estimate of drug-likeness (QED) is 0.645. The SMILES string of the molecule is Cc1ncc(C(=O)Nc2ccccc2)c(C2CCCCN2C(=O)Cc2ccccc2F)n1. The summed E-state index contributed by atoms with van der Waals surface area (Å²) in [5.41, 5.74) is 1.91. The number of benzene rings is 2. The third-order valence-electron chi connectivity index (χ3n) is 5.65. The Labute approximate surface area is 186 Å². The Morgan fingerprint density at radius 1 is 1.09 bits per heavy atom. The number of hydrogen-bond donors (Lipinski definition) is 1. The molecule has 1 atom stereocenters. The monoisotopic (exact) mass is 432 g/mol. The summed E-state index contributed by atoms with van der Waals surface area (Å²) in [4.78, 5) is 36.8. The minimum atomic E-state index is -0.393. The molecule has 32 heavy (non-hydrogen) atoms. The molecule has 2 heterocycles. The molecule has 1 saturated heterocycles. The van der Waals surface area contributed by atoms with Crippen molar-refractivity contribution in [2.24, 2.45) is 0 Å². The maximum absolute atomic E-state index is 14.1. The topological polar surface area (TPSA) is 75.2 Å². The summed E-state index contributed by atoms with van der Waals surface area (Å²) >= 11 is 0. The number of aryl methyl sites for hydroxylation is 1. The van der Waals surface area contributed by atoms with E-state index in [1.54, 1.807) is 42.2 Å². The second-order valence-corrected chi connectivity index (χ2v) is 7.90. The van der Waals surface area contributed by atoms with Gasteiger partial charge in [-0.05, 0) is 49.9 Å². The summed E-state index contributed by atoms with van der Waals surface area (Å²) in [5, 5.41) is 2.88. The minimum Gasteiger partial charge on any atom is -0.334 e. The maximum Gasteiger partial charge on any atom is 0.259 e. The average molecular weight is 432 g/mol. The number of halogens is 1. The lowest BCUT2D eigenvalue weighted by Crippen LogP contribution is -2.40. The third-order valence-corrected chi connectivity index (χ3v) is 5.65. The highest BCUT2D eigenvalue weighted by Gasteiger charge is 2.32. The van der Waals surface area contributed by atoms with Gasteiger partial charge in [0.1, 0.15) is 11.6 Å². The molecular weight excluding hydrogens is 407 g/mol. The van der Waals surface area contributed by atoms with Gasteiger partial charge >= 0.3 is 0 Å². The standard InChI is InChI=1S/C25H25FN4O2/c1-17-27-16-20(25(32)29-19-10-3-2-4-11-19)24(28-17)22-13-7-8-14-30(22)23(31)15-18-9-5-6-12-21(18)26/h2-6,9-12,16,22H,7-8,13-15H2,1H3,(H,29,32). The molecule has 6 nitrogen and oxygen atoms in total. The van der Waals surface area contributed by atoms with Gasteiger partial charge in [0.05, 0.1) is 23.7 Å². The van der Waals surface area contributed by atoms with Gasteiger partial charge in [0.15, 0.2) is 0 Å². The molecule has 0 spiro atoms. The predicted molar refractivity (Wildman–Crippen MR) is 120 cm³/mol. The van der Waals surface area contributed by atoms with Gasteiger partial charge in [-0.2, -0.15) is 0 Å². The van der Waals surface area contributed by atoms with Crippen molar-refractivity contribution in [2.45, 2.75) is 38.6 Å². The molecule has 2 aromatic carbocycles. The minimum absolute atomic E-state index is 0.0290. The van der Waals surface area contributed by atoms with Gasteiger partial charge in [0.25, 0.3) is 5.91 Å². The van der Waals surface area contributed by atoms with Gasteiger partial charge in [0.2, 0.25) is 5.91 Å². The van der Waals surface area contributed by atoms with Crippen molar-refractivity contribution in [1.29, 1.82) is 0 Å². The van der Waals surface area contributed by atoms with Crippen LogP contribution in [0.4, 0.5) is 10.1 Å². The molecule has 1 aliphatic rings. The van der Waals surface area contributed by atoms with Crippen LogP contribution in [0.5, 0.6) is 0 Å². The summed E-state index contributed by atoms with van der Waals surface area (Å²) < 4.78 is 14.1. The Bertz CT molecular complexity index is 1120. The molecule has 1 unspecified atom stereocenters. The van der Waals surface area contributed by atoms with Crippen LogP contribution in [0.15, 0.2) is 60.8 Å². The van der Waals surface area contributed by atoms with Gasteiger partial charge in [-0.3, -0.25) is 9.59 Å². The average Bonchev–Trinajstić information content (AvgIpc) is 2.81. The molecule has 3 aromatic rings. The van der Waals surface area contributed by atoms with Crippen LogP contribution in [-0.4, -0.2) is 33.2 Å². The van der Waals surface area contributed by atoms with Crippen molar-refractivity contribution in [3.05, 3.63) is 89.3 Å². The Hall–Kier alpha value is -3.61. The summed E-state index contributed by atoms with van der Waals surface area (Å²) in [5.74, 6) is -0.359. The molecule has 4 rings (SSSR count). The number of amides is 2. The highest BCUT2D eigenvalue weighted by molar-refractivity contribution is 6.05. The number of hydrogen-bond acceptors (Lipinski definition) is 4. The lowest BCUT2D eigenvalue weighted by molar-refractivity contribution is -0.134. The van der Waals surface area contributed by atoms with E-state index in [-0.39, 0.29) is 24.3 Å². The van der Waals surface area contributed by atoms with E-state index in [2.05, 4.69) is 15.3 Å². The highest BCUT2D eigenvalue weighted by Crippen LogP contribution is 2.32. The van der Waals surface area contributed by atoms with Crippen molar-refractivity contribution in [3.63, 3.8) is 0 Å². The zero-order chi connectivity index (χ0) is 22.5. The number of likely N-dealkylation sites (tertiary alicyclic amines) is 1. The Kier molecular flexibility index (Phi) is 6.54. The summed E-state index contributed by atoms with van der Waals surface area (Å²) in [7, 11) is 0. The van der Waals surface area contributed by atoms with E-state index < -0.39 is 5.82 Å². The molecule has 2 amide bonds. The van der Waals surface area contributed by atoms with Crippen molar-refractivity contribution >= 4 is 17.5 Å². The van der Waals surface area contributed by atoms with E-state index in [0.717, 1.165) is 12.8 Å². The largest absolute Gasteiger partial charge is 0.334 e. The number of para-hydroxylation sites is 1. The zero-order valence-electron chi connectivity index (χ0n) is 17.9. The number of rotatable bonds is 5. The predicted octanol–water partition coefficient (Wildman–Crippen LogP) is 4.47. The first-order valence-electron chi connectivity index (χ1n) is 10.8. The molecular formula is C25H25FN4O2. The first-order valence-corrected chi connectivity index (χ1v) is 10.8. The maximum atomic E-state index is 14.1. The van der Waals surface area contributed by atoms with Crippen LogP contribution in [0.3, 0.4) is 0 Å². The van der Waals surface area contributed by atoms with E-state index in [1.165, 1.54) is 12.3 Å². The summed E-state index contributed by atoms with van der Waals surface area (Å²) in [6.07, 6.45) is 3.94. The molecule has 1 fully saturated rings. The second kappa shape index (κ2) is 9.68. The second-order valence-electron chi connectivity index (χ2n) is 7.90. The lowest BCUT2D eigenvalue weighted by Gasteiger charge is -2.36. The fourth-order valence-electron chi connectivity index (χ4n) is 4.06. The van der Waals surface area contributed by atoms with E-state index >= 15 is 0 Å². The molecule has 1 N–H and O–H groups in total. The van der Waals surface area contributed by atoms with Crippen LogP contribution in [-0.2, 0) is 11.2 Å². The van der Waals surface area contributed by atoms with E-state index in [4.69, 9.17) is 0 Å². The van der Waals surface area contributed by atoms with Crippen LogP contribution in [0.2, 0.25) is 0 Å². The van der Waals surface area contributed by atoms with Crippen LogP contribution in [0, 0.1) is 12.7 Å². The van der Waals surface area contributed by atoms with Gasteiger partial charge in [-0.15, -0.1) is 0 Å². The van der Waals surface area contributed by atoms with Crippen LogP contribution < -0.4 is 5.32 Å². The molecule has 164 valence electrons. The normalized spacial score (nSPS) is 15.9. The number of nitrogens with zero attached hydrogens (tertiary/aromatic N) is 3. The number of anilines is 1. The highest BCUT2D eigenvalue weighted by atomic mass is 19.1. The van der Waals surface area contributed by atoms with Crippen molar-refractivity contribution in [3.8, 4) is 0 Å². The smallest absolute Gasteiger partial charge is 0.259 e. The lowest BCUT2D eigenvalue weighted by atomic mass is 9.95. The van der Waals surface area contributed by atoms with Gasteiger partial charge in [0, 0.05) is 18.4 Å². The number of piperidine rings is 1. The van der Waals surface area contributed by atoms with E-state index in [9.17, 15) is 14.0 Å². The van der Waals surface area contributed by atoms with E-state index in [1.807, 2.05) is 18.2 Å². The molecule has 1 aromatic heterocycles. The zero-order valence-corrected chi connectivity index (χ0v) is 17.9. The van der Waals surface area contributed by atoms with Crippen molar-refractivity contribution < 1.29 is 14.0 Å². The molecule has 1 aliphatic heterocycles. The fourth-order valence-corrected chi connectivity index (χ4v) is 4.06. The van der Waals surface area contributed by atoms with Crippen molar-refractivity contribution in [1.82, 2.24) is 14.9 Å². The molecule has 0 bridgehead atoms. The molecule has 0 saturated carbocycles. The number of carbonyl (C=O) groups excluding carboxylic acids is 2. The third kappa shape index (κ3) is 4.82. The van der Waals surface area contributed by atoms with Gasteiger partial charge in [-0.25, -0.2) is 14.4 Å².